The third-order valence-corrected chi connectivity index (χ3v) is 8.65. The summed E-state index contributed by atoms with van der Waals surface area (Å²) < 4.78 is 34.4. The maximum atomic E-state index is 13.0. The summed E-state index contributed by atoms with van der Waals surface area (Å²) in [5, 5.41) is 0.751. The predicted molar refractivity (Wildman–Crippen MR) is 122 cm³/mol. The molecule has 4 heterocycles. The Morgan fingerprint density at radius 3 is 2.84 bits per heavy atom. The van der Waals surface area contributed by atoms with Gasteiger partial charge in [0.05, 0.1) is 23.9 Å². The first-order valence-corrected chi connectivity index (χ1v) is 12.8. The number of aromatic nitrogens is 1. The molecule has 5 rings (SSSR count). The molecule has 168 valence electrons. The van der Waals surface area contributed by atoms with Crippen LogP contribution in [-0.2, 0) is 26.8 Å². The van der Waals surface area contributed by atoms with E-state index < -0.39 is 10.0 Å². The van der Waals surface area contributed by atoms with Gasteiger partial charge in [-0.25, -0.2) is 18.1 Å². The third-order valence-electron chi connectivity index (χ3n) is 6.11. The fourth-order valence-electron chi connectivity index (χ4n) is 4.51. The second-order valence-electron chi connectivity index (χ2n) is 8.09. The number of hydrogen-bond donors (Lipinski definition) is 1. The van der Waals surface area contributed by atoms with Gasteiger partial charge in [-0.3, -0.25) is 4.79 Å². The summed E-state index contributed by atoms with van der Waals surface area (Å²) in [7, 11) is -3.76. The lowest BCUT2D eigenvalue weighted by Crippen LogP contribution is -2.36. The molecule has 2 aliphatic heterocycles. The highest BCUT2D eigenvalue weighted by atomic mass is 35.5. The van der Waals surface area contributed by atoms with Crippen LogP contribution in [-0.4, -0.2) is 43.8 Å². The quantitative estimate of drug-likeness (QED) is 0.585. The Bertz CT molecular complexity index is 1270. The molecule has 32 heavy (non-hydrogen) atoms. The number of anilines is 2. The van der Waals surface area contributed by atoms with Crippen molar-refractivity contribution in [1.82, 2.24) is 14.6 Å². The first-order chi connectivity index (χ1) is 15.3. The van der Waals surface area contributed by atoms with E-state index in [1.54, 1.807) is 37.4 Å². The fourth-order valence-corrected chi connectivity index (χ4v) is 6.44. The molecular formula is C21H21ClN4O4S2. The smallest absolute Gasteiger partial charge is 0.240 e. The minimum Gasteiger partial charge on any atom is -0.468 e. The van der Waals surface area contributed by atoms with Gasteiger partial charge in [0.25, 0.3) is 0 Å². The van der Waals surface area contributed by atoms with E-state index >= 15 is 0 Å². The van der Waals surface area contributed by atoms with Gasteiger partial charge in [-0.05, 0) is 42.3 Å². The number of rotatable bonds is 5. The average molecular weight is 493 g/mol. The second-order valence-corrected chi connectivity index (χ2v) is 11.5. The standard InChI is InChI=1S/C21H21ClN4O4S2/c1-14(27)25-7-6-21(12-25)13-26(20-23-11-19(22)31-20)18-5-4-16(9-17(18)21)32(28,29)24-10-15-3-2-8-30-15/h2-5,8-9,11,24H,6-7,10,12-13H2,1H3. The second kappa shape index (κ2) is 7.87. The molecule has 0 saturated carbocycles. The van der Waals surface area contributed by atoms with Crippen LogP contribution in [0.15, 0.2) is 52.1 Å². The molecule has 0 bridgehead atoms. The fraction of sp³-hybridized carbons (Fsp3) is 0.333. The molecule has 2 aliphatic rings. The zero-order valence-corrected chi connectivity index (χ0v) is 19.6. The minimum absolute atomic E-state index is 0.0167. The van der Waals surface area contributed by atoms with Crippen molar-refractivity contribution in [3.63, 3.8) is 0 Å². The van der Waals surface area contributed by atoms with Crippen molar-refractivity contribution in [2.45, 2.75) is 30.2 Å². The zero-order chi connectivity index (χ0) is 22.5. The molecule has 1 amide bonds. The average Bonchev–Trinajstić information content (AvgIpc) is 3.54. The Hall–Kier alpha value is -2.40. The van der Waals surface area contributed by atoms with Gasteiger partial charge < -0.3 is 14.2 Å². The monoisotopic (exact) mass is 492 g/mol. The summed E-state index contributed by atoms with van der Waals surface area (Å²) in [6.45, 7) is 3.41. The number of furan rings is 1. The van der Waals surface area contributed by atoms with Crippen LogP contribution in [0.2, 0.25) is 4.34 Å². The third kappa shape index (κ3) is 3.71. The van der Waals surface area contributed by atoms with Crippen molar-refractivity contribution in [3.8, 4) is 0 Å². The topological polar surface area (TPSA) is 95.8 Å². The van der Waals surface area contributed by atoms with Crippen LogP contribution in [0.3, 0.4) is 0 Å². The molecule has 1 fully saturated rings. The Kier molecular flexibility index (Phi) is 5.28. The zero-order valence-electron chi connectivity index (χ0n) is 17.2. The summed E-state index contributed by atoms with van der Waals surface area (Å²) in [5.41, 5.74) is 1.44. The number of amides is 1. The van der Waals surface area contributed by atoms with Crippen LogP contribution in [0.25, 0.3) is 0 Å². The number of carbonyl (C=O) groups is 1. The normalized spacial score (nSPS) is 20.3. The highest BCUT2D eigenvalue weighted by molar-refractivity contribution is 7.89. The van der Waals surface area contributed by atoms with E-state index in [-0.39, 0.29) is 22.8 Å². The highest BCUT2D eigenvalue weighted by Crippen LogP contribution is 2.50. The largest absolute Gasteiger partial charge is 0.468 e. The van der Waals surface area contributed by atoms with E-state index in [0.29, 0.717) is 29.7 Å². The molecule has 1 saturated heterocycles. The minimum atomic E-state index is -3.76. The first kappa shape index (κ1) is 21.4. The van der Waals surface area contributed by atoms with Gasteiger partial charge in [0, 0.05) is 37.7 Å². The number of carbonyl (C=O) groups excluding carboxylic acids is 1. The molecule has 0 radical (unpaired) electrons. The van der Waals surface area contributed by atoms with Crippen molar-refractivity contribution in [3.05, 3.63) is 58.5 Å². The van der Waals surface area contributed by atoms with Gasteiger partial charge in [0.15, 0.2) is 5.13 Å². The Balaban J connectivity index is 1.53. The van der Waals surface area contributed by atoms with Crippen LogP contribution < -0.4 is 9.62 Å². The molecule has 1 spiro atoms. The molecule has 1 atom stereocenters. The molecule has 8 nitrogen and oxygen atoms in total. The van der Waals surface area contributed by atoms with E-state index in [2.05, 4.69) is 14.6 Å². The SMILES string of the molecule is CC(=O)N1CCC2(C1)CN(c1ncc(Cl)s1)c1ccc(S(=O)(=O)NCc3ccco3)cc12. The lowest BCUT2D eigenvalue weighted by atomic mass is 9.81. The summed E-state index contributed by atoms with van der Waals surface area (Å²) in [4.78, 5) is 20.5. The van der Waals surface area contributed by atoms with Crippen LogP contribution in [0.1, 0.15) is 24.7 Å². The molecular weight excluding hydrogens is 472 g/mol. The van der Waals surface area contributed by atoms with E-state index in [0.717, 1.165) is 22.8 Å². The summed E-state index contributed by atoms with van der Waals surface area (Å²) in [6.07, 6.45) is 3.86. The van der Waals surface area contributed by atoms with Gasteiger partial charge in [-0.15, -0.1) is 0 Å². The van der Waals surface area contributed by atoms with Crippen molar-refractivity contribution in [2.75, 3.05) is 24.5 Å². The van der Waals surface area contributed by atoms with Crippen LogP contribution >= 0.6 is 22.9 Å². The lowest BCUT2D eigenvalue weighted by Gasteiger charge is -2.25. The molecule has 3 aromatic rings. The molecule has 1 N–H and O–H groups in total. The molecule has 0 aliphatic carbocycles. The summed E-state index contributed by atoms with van der Waals surface area (Å²) in [6, 6.07) is 8.58. The molecule has 2 aromatic heterocycles. The molecule has 1 aromatic carbocycles. The molecule has 11 heteroatoms. The van der Waals surface area contributed by atoms with Crippen molar-refractivity contribution in [2.24, 2.45) is 0 Å². The number of halogens is 1. The van der Waals surface area contributed by atoms with Crippen LogP contribution in [0.5, 0.6) is 0 Å². The number of nitrogens with one attached hydrogen (secondary N) is 1. The van der Waals surface area contributed by atoms with Crippen LogP contribution in [0, 0.1) is 0 Å². The first-order valence-electron chi connectivity index (χ1n) is 10.1. The van der Waals surface area contributed by atoms with Gasteiger partial charge in [0.2, 0.25) is 15.9 Å². The van der Waals surface area contributed by atoms with E-state index in [9.17, 15) is 13.2 Å². The van der Waals surface area contributed by atoms with E-state index in [1.807, 2.05) is 11.0 Å². The highest BCUT2D eigenvalue weighted by Gasteiger charge is 2.49. The number of hydrogen-bond acceptors (Lipinski definition) is 7. The Morgan fingerprint density at radius 1 is 1.34 bits per heavy atom. The van der Waals surface area contributed by atoms with Crippen molar-refractivity contribution in [1.29, 1.82) is 0 Å². The van der Waals surface area contributed by atoms with Gasteiger partial charge in [-0.2, -0.15) is 0 Å². The number of benzene rings is 1. The van der Waals surface area contributed by atoms with Gasteiger partial charge in [-0.1, -0.05) is 22.9 Å². The maximum absolute atomic E-state index is 13.0. The van der Waals surface area contributed by atoms with Crippen molar-refractivity contribution >= 4 is 49.7 Å². The number of likely N-dealkylation sites (tertiary alicyclic amines) is 1. The van der Waals surface area contributed by atoms with Gasteiger partial charge in [0.1, 0.15) is 10.1 Å². The lowest BCUT2D eigenvalue weighted by molar-refractivity contribution is -0.127. The summed E-state index contributed by atoms with van der Waals surface area (Å²) in [5.74, 6) is 0.550. The predicted octanol–water partition coefficient (Wildman–Crippen LogP) is 3.51. The van der Waals surface area contributed by atoms with E-state index in [1.165, 1.54) is 17.6 Å². The van der Waals surface area contributed by atoms with Crippen molar-refractivity contribution < 1.29 is 17.6 Å². The Labute approximate surface area is 194 Å². The number of fused-ring (bicyclic) bond motifs is 2. The summed E-state index contributed by atoms with van der Waals surface area (Å²) >= 11 is 7.50. The van der Waals surface area contributed by atoms with Gasteiger partial charge >= 0.3 is 0 Å². The number of sulfonamides is 1. The van der Waals surface area contributed by atoms with E-state index in [4.69, 9.17) is 16.0 Å². The van der Waals surface area contributed by atoms with Crippen LogP contribution in [0.4, 0.5) is 10.8 Å². The molecule has 1 unspecified atom stereocenters. The number of thiazole rings is 1. The Morgan fingerprint density at radius 2 is 2.19 bits per heavy atom. The number of nitrogens with zero attached hydrogens (tertiary/aromatic N) is 3. The maximum Gasteiger partial charge on any atom is 0.240 e.